The molecule has 1 N–H and O–H groups in total. The third-order valence-electron chi connectivity index (χ3n) is 2.19. The molecule has 1 aromatic carbocycles. The molecule has 1 aromatic rings. The van der Waals surface area contributed by atoms with Gasteiger partial charge in [0.1, 0.15) is 6.61 Å². The zero-order chi connectivity index (χ0) is 11.8. The van der Waals surface area contributed by atoms with E-state index < -0.39 is 13.0 Å². The molecule has 4 heteroatoms. The molecule has 0 saturated carbocycles. The summed E-state index contributed by atoms with van der Waals surface area (Å²) in [5.41, 5.74) is 2.06. The first-order chi connectivity index (χ1) is 7.74. The van der Waals surface area contributed by atoms with Gasteiger partial charge in [0.2, 0.25) is 0 Å². The van der Waals surface area contributed by atoms with E-state index >= 15 is 0 Å². The van der Waals surface area contributed by atoms with Crippen LogP contribution in [0.3, 0.4) is 0 Å². The summed E-state index contributed by atoms with van der Waals surface area (Å²) in [6.45, 7) is 3.38. The van der Waals surface area contributed by atoms with Crippen molar-refractivity contribution < 1.29 is 13.5 Å². The van der Waals surface area contributed by atoms with Crippen LogP contribution in [0.5, 0.6) is 0 Å². The largest absolute Gasteiger partial charge is 0.371 e. The highest BCUT2D eigenvalue weighted by Gasteiger charge is 2.04. The van der Waals surface area contributed by atoms with E-state index in [9.17, 15) is 8.78 Å². The SMILES string of the molecule is CCNCc1ccccc1COCC(F)F. The quantitative estimate of drug-likeness (QED) is 0.776. The van der Waals surface area contributed by atoms with Crippen molar-refractivity contribution in [2.75, 3.05) is 13.2 Å². The Morgan fingerprint density at radius 1 is 1.25 bits per heavy atom. The average Bonchev–Trinajstić information content (AvgIpc) is 2.27. The molecular weight excluding hydrogens is 212 g/mol. The van der Waals surface area contributed by atoms with E-state index in [1.54, 1.807) is 0 Å². The number of alkyl halides is 2. The van der Waals surface area contributed by atoms with E-state index in [1.807, 2.05) is 31.2 Å². The number of benzene rings is 1. The van der Waals surface area contributed by atoms with Crippen LogP contribution in [0.15, 0.2) is 24.3 Å². The van der Waals surface area contributed by atoms with Crippen LogP contribution in [-0.4, -0.2) is 19.6 Å². The van der Waals surface area contributed by atoms with Crippen LogP contribution in [-0.2, 0) is 17.9 Å². The molecule has 0 aromatic heterocycles. The summed E-state index contributed by atoms with van der Waals surface area (Å²) in [5.74, 6) is 0. The number of ether oxygens (including phenoxy) is 1. The number of nitrogens with one attached hydrogen (secondary N) is 1. The average molecular weight is 229 g/mol. The van der Waals surface area contributed by atoms with Crippen molar-refractivity contribution in [3.63, 3.8) is 0 Å². The predicted molar refractivity (Wildman–Crippen MR) is 59.5 cm³/mol. The maximum atomic E-state index is 11.9. The van der Waals surface area contributed by atoms with Crippen LogP contribution in [0.4, 0.5) is 8.78 Å². The summed E-state index contributed by atoms with van der Waals surface area (Å²) >= 11 is 0. The van der Waals surface area contributed by atoms with E-state index in [1.165, 1.54) is 0 Å². The number of hydrogen-bond acceptors (Lipinski definition) is 2. The topological polar surface area (TPSA) is 21.3 Å². The third kappa shape index (κ3) is 4.68. The number of hydrogen-bond donors (Lipinski definition) is 1. The molecule has 0 fully saturated rings. The Balaban J connectivity index is 2.49. The summed E-state index contributed by atoms with van der Waals surface area (Å²) in [6.07, 6.45) is -2.40. The van der Waals surface area contributed by atoms with E-state index in [2.05, 4.69) is 5.32 Å². The van der Waals surface area contributed by atoms with E-state index in [4.69, 9.17) is 4.74 Å². The summed E-state index contributed by atoms with van der Waals surface area (Å²) in [5, 5.41) is 3.20. The first-order valence-corrected chi connectivity index (χ1v) is 5.37. The molecule has 2 nitrogen and oxygen atoms in total. The van der Waals surface area contributed by atoms with Gasteiger partial charge in [0, 0.05) is 6.54 Å². The number of rotatable bonds is 7. The van der Waals surface area contributed by atoms with Crippen LogP contribution < -0.4 is 5.32 Å². The molecule has 0 aliphatic carbocycles. The molecule has 0 amide bonds. The van der Waals surface area contributed by atoms with Crippen LogP contribution in [0, 0.1) is 0 Å². The lowest BCUT2D eigenvalue weighted by molar-refractivity contribution is 0.00964. The second kappa shape index (κ2) is 7.30. The highest BCUT2D eigenvalue weighted by Crippen LogP contribution is 2.10. The molecule has 0 saturated heterocycles. The fourth-order valence-electron chi connectivity index (χ4n) is 1.39. The van der Waals surface area contributed by atoms with Crippen LogP contribution in [0.2, 0.25) is 0 Å². The van der Waals surface area contributed by atoms with Gasteiger partial charge < -0.3 is 10.1 Å². The summed E-state index contributed by atoms with van der Waals surface area (Å²) in [6, 6.07) is 7.70. The number of halogens is 2. The standard InChI is InChI=1S/C12H17F2NO/c1-2-15-7-10-5-3-4-6-11(10)8-16-9-12(13)14/h3-6,12,15H,2,7-9H2,1H3. The lowest BCUT2D eigenvalue weighted by Gasteiger charge is -2.10. The Morgan fingerprint density at radius 3 is 2.56 bits per heavy atom. The minimum absolute atomic E-state index is 0.242. The van der Waals surface area contributed by atoms with Gasteiger partial charge in [-0.3, -0.25) is 0 Å². The minimum atomic E-state index is -2.40. The Labute approximate surface area is 94.6 Å². The van der Waals surface area contributed by atoms with Gasteiger partial charge in [-0.15, -0.1) is 0 Å². The van der Waals surface area contributed by atoms with Crippen molar-refractivity contribution >= 4 is 0 Å². The maximum Gasteiger partial charge on any atom is 0.261 e. The van der Waals surface area contributed by atoms with E-state index in [-0.39, 0.29) is 6.61 Å². The summed E-state index contributed by atoms with van der Waals surface area (Å²) < 4.78 is 28.7. The molecule has 16 heavy (non-hydrogen) atoms. The van der Waals surface area contributed by atoms with Gasteiger partial charge in [-0.1, -0.05) is 31.2 Å². The lowest BCUT2D eigenvalue weighted by atomic mass is 10.1. The first kappa shape index (κ1) is 13.1. The lowest BCUT2D eigenvalue weighted by Crippen LogP contribution is -2.14. The van der Waals surface area contributed by atoms with Crippen molar-refractivity contribution in [1.82, 2.24) is 5.32 Å². The second-order valence-electron chi connectivity index (χ2n) is 3.46. The Bertz CT molecular complexity index is 305. The predicted octanol–water partition coefficient (Wildman–Crippen LogP) is 2.58. The zero-order valence-corrected chi connectivity index (χ0v) is 9.38. The van der Waals surface area contributed by atoms with Crippen molar-refractivity contribution in [2.45, 2.75) is 26.5 Å². The summed E-state index contributed by atoms with van der Waals surface area (Å²) in [4.78, 5) is 0. The molecule has 0 radical (unpaired) electrons. The van der Waals surface area contributed by atoms with Crippen molar-refractivity contribution in [3.8, 4) is 0 Å². The molecule has 1 rings (SSSR count). The molecule has 0 aliphatic heterocycles. The van der Waals surface area contributed by atoms with E-state index in [0.29, 0.717) is 0 Å². The Hall–Kier alpha value is -1.00. The Morgan fingerprint density at radius 2 is 1.94 bits per heavy atom. The zero-order valence-electron chi connectivity index (χ0n) is 9.38. The minimum Gasteiger partial charge on any atom is -0.371 e. The van der Waals surface area contributed by atoms with Crippen molar-refractivity contribution in [3.05, 3.63) is 35.4 Å². The monoisotopic (exact) mass is 229 g/mol. The molecule has 0 aliphatic rings. The van der Waals surface area contributed by atoms with Gasteiger partial charge >= 0.3 is 0 Å². The molecule has 0 unspecified atom stereocenters. The third-order valence-corrected chi connectivity index (χ3v) is 2.19. The van der Waals surface area contributed by atoms with Crippen LogP contribution in [0.1, 0.15) is 18.1 Å². The van der Waals surface area contributed by atoms with Gasteiger partial charge in [-0.2, -0.15) is 0 Å². The van der Waals surface area contributed by atoms with Gasteiger partial charge in [-0.05, 0) is 17.7 Å². The molecule has 0 atom stereocenters. The maximum absolute atomic E-state index is 11.9. The summed E-state index contributed by atoms with van der Waals surface area (Å²) in [7, 11) is 0. The highest BCUT2D eigenvalue weighted by atomic mass is 19.3. The van der Waals surface area contributed by atoms with Gasteiger partial charge in [0.05, 0.1) is 6.61 Å². The highest BCUT2D eigenvalue weighted by molar-refractivity contribution is 5.26. The Kier molecular flexibility index (Phi) is 5.96. The first-order valence-electron chi connectivity index (χ1n) is 5.37. The van der Waals surface area contributed by atoms with Crippen LogP contribution >= 0.6 is 0 Å². The smallest absolute Gasteiger partial charge is 0.261 e. The molecular formula is C12H17F2NO. The van der Waals surface area contributed by atoms with Crippen LogP contribution in [0.25, 0.3) is 0 Å². The fourth-order valence-corrected chi connectivity index (χ4v) is 1.39. The fraction of sp³-hybridized carbons (Fsp3) is 0.500. The normalized spacial score (nSPS) is 11.0. The van der Waals surface area contributed by atoms with Gasteiger partial charge in [0.15, 0.2) is 0 Å². The molecule has 90 valence electrons. The van der Waals surface area contributed by atoms with Crippen molar-refractivity contribution in [1.29, 1.82) is 0 Å². The second-order valence-corrected chi connectivity index (χ2v) is 3.46. The molecule has 0 heterocycles. The molecule has 0 spiro atoms. The molecule has 0 bridgehead atoms. The van der Waals surface area contributed by atoms with Gasteiger partial charge in [0.25, 0.3) is 6.43 Å². The van der Waals surface area contributed by atoms with Gasteiger partial charge in [-0.25, -0.2) is 8.78 Å². The van der Waals surface area contributed by atoms with E-state index in [0.717, 1.165) is 24.2 Å². The van der Waals surface area contributed by atoms with Crippen molar-refractivity contribution in [2.24, 2.45) is 0 Å².